The highest BCUT2D eigenvalue weighted by atomic mass is 79.9. The van der Waals surface area contributed by atoms with Crippen LogP contribution in [0, 0.1) is 0 Å². The van der Waals surface area contributed by atoms with E-state index in [9.17, 15) is 0 Å². The van der Waals surface area contributed by atoms with Gasteiger partial charge >= 0.3 is 0 Å². The van der Waals surface area contributed by atoms with Crippen molar-refractivity contribution in [1.82, 2.24) is 14.6 Å². The van der Waals surface area contributed by atoms with Crippen LogP contribution in [0.3, 0.4) is 0 Å². The highest BCUT2D eigenvalue weighted by molar-refractivity contribution is 9.10. The largest absolute Gasteiger partial charge is 0.379 e. The van der Waals surface area contributed by atoms with Gasteiger partial charge in [-0.3, -0.25) is 4.98 Å². The number of halogens is 1. The number of hydrogen-bond acceptors (Lipinski definition) is 5. The molecule has 0 aliphatic heterocycles. The Hall–Kier alpha value is -1.01. The van der Waals surface area contributed by atoms with Crippen LogP contribution in [0.25, 0.3) is 0 Å². The first-order chi connectivity index (χ1) is 6.86. The van der Waals surface area contributed by atoms with E-state index in [1.54, 1.807) is 18.6 Å². The molecule has 6 heteroatoms. The number of nitrogens with one attached hydrogen (secondary N) is 1. The van der Waals surface area contributed by atoms with Gasteiger partial charge in [0.05, 0.1) is 27.8 Å². The van der Waals surface area contributed by atoms with E-state index in [1.165, 1.54) is 11.5 Å². The van der Waals surface area contributed by atoms with E-state index in [0.29, 0.717) is 0 Å². The van der Waals surface area contributed by atoms with E-state index in [0.717, 1.165) is 21.6 Å². The molecule has 0 amide bonds. The Labute approximate surface area is 93.7 Å². The van der Waals surface area contributed by atoms with Gasteiger partial charge in [-0.2, -0.15) is 0 Å². The second kappa shape index (κ2) is 4.47. The van der Waals surface area contributed by atoms with Gasteiger partial charge in [0.25, 0.3) is 0 Å². The molecule has 0 aromatic carbocycles. The first-order valence-corrected chi connectivity index (χ1v) is 5.52. The number of rotatable bonds is 3. The minimum Gasteiger partial charge on any atom is -0.379 e. The smallest absolute Gasteiger partial charge is 0.0671 e. The van der Waals surface area contributed by atoms with Crippen molar-refractivity contribution in [1.29, 1.82) is 0 Å². The van der Waals surface area contributed by atoms with Crippen LogP contribution in [0.1, 0.15) is 4.88 Å². The van der Waals surface area contributed by atoms with Crippen molar-refractivity contribution in [2.24, 2.45) is 0 Å². The fourth-order valence-corrected chi connectivity index (χ4v) is 1.79. The number of hydrogen-bond donors (Lipinski definition) is 1. The molecule has 0 spiro atoms. The van der Waals surface area contributed by atoms with Crippen molar-refractivity contribution in [3.8, 4) is 0 Å². The van der Waals surface area contributed by atoms with E-state index in [-0.39, 0.29) is 0 Å². The first kappa shape index (κ1) is 9.54. The van der Waals surface area contributed by atoms with Crippen molar-refractivity contribution in [3.05, 3.63) is 34.0 Å². The van der Waals surface area contributed by atoms with E-state index in [2.05, 4.69) is 35.8 Å². The monoisotopic (exact) mass is 270 g/mol. The summed E-state index contributed by atoms with van der Waals surface area (Å²) in [6.07, 6.45) is 5.26. The average molecular weight is 271 g/mol. The van der Waals surface area contributed by atoms with Crippen LogP contribution in [-0.2, 0) is 6.54 Å². The van der Waals surface area contributed by atoms with Crippen LogP contribution in [0.4, 0.5) is 5.69 Å². The number of nitrogens with zero attached hydrogens (tertiary/aromatic N) is 3. The molecular weight excluding hydrogens is 264 g/mol. The van der Waals surface area contributed by atoms with E-state index < -0.39 is 0 Å². The van der Waals surface area contributed by atoms with Crippen molar-refractivity contribution in [2.75, 3.05) is 5.32 Å². The molecule has 0 fully saturated rings. The molecule has 0 unspecified atom stereocenters. The van der Waals surface area contributed by atoms with Crippen molar-refractivity contribution >= 4 is 33.1 Å². The molecule has 2 aromatic rings. The van der Waals surface area contributed by atoms with Gasteiger partial charge in [-0.25, -0.2) is 0 Å². The van der Waals surface area contributed by atoms with Gasteiger partial charge in [0, 0.05) is 12.4 Å². The summed E-state index contributed by atoms with van der Waals surface area (Å²) in [7, 11) is 0. The molecule has 14 heavy (non-hydrogen) atoms. The summed E-state index contributed by atoms with van der Waals surface area (Å²) in [6, 6.07) is 1.92. The van der Waals surface area contributed by atoms with Crippen LogP contribution < -0.4 is 5.32 Å². The van der Waals surface area contributed by atoms with Crippen LogP contribution in [0.5, 0.6) is 0 Å². The summed E-state index contributed by atoms with van der Waals surface area (Å²) >= 11 is 4.80. The summed E-state index contributed by atoms with van der Waals surface area (Å²) in [5.74, 6) is 0. The molecule has 0 atom stereocenters. The predicted octanol–water partition coefficient (Wildman–Crippen LogP) is 2.31. The van der Waals surface area contributed by atoms with E-state index in [4.69, 9.17) is 0 Å². The third-order valence-corrected chi connectivity index (χ3v) is 2.92. The van der Waals surface area contributed by atoms with Crippen LogP contribution in [0.2, 0.25) is 0 Å². The minimum absolute atomic E-state index is 0.736. The van der Waals surface area contributed by atoms with Gasteiger partial charge < -0.3 is 5.32 Å². The molecule has 2 rings (SSSR count). The molecule has 0 saturated carbocycles. The Morgan fingerprint density at radius 2 is 2.36 bits per heavy atom. The highest BCUT2D eigenvalue weighted by Crippen LogP contribution is 2.20. The zero-order valence-corrected chi connectivity index (χ0v) is 9.55. The molecule has 0 aliphatic rings. The van der Waals surface area contributed by atoms with Gasteiger partial charge in [0.2, 0.25) is 0 Å². The molecule has 2 aromatic heterocycles. The predicted molar refractivity (Wildman–Crippen MR) is 59.2 cm³/mol. The minimum atomic E-state index is 0.736. The number of pyridine rings is 1. The van der Waals surface area contributed by atoms with E-state index >= 15 is 0 Å². The third kappa shape index (κ3) is 2.27. The summed E-state index contributed by atoms with van der Waals surface area (Å²) in [6.45, 7) is 0.736. The maximum absolute atomic E-state index is 3.98. The van der Waals surface area contributed by atoms with Gasteiger partial charge in [-0.15, -0.1) is 5.10 Å². The fraction of sp³-hybridized carbons (Fsp3) is 0.125. The zero-order chi connectivity index (χ0) is 9.80. The van der Waals surface area contributed by atoms with Gasteiger partial charge in [0.15, 0.2) is 0 Å². The van der Waals surface area contributed by atoms with E-state index in [1.807, 2.05) is 6.07 Å². The van der Waals surface area contributed by atoms with Crippen molar-refractivity contribution in [2.45, 2.75) is 6.54 Å². The highest BCUT2D eigenvalue weighted by Gasteiger charge is 1.99. The second-order valence-corrected chi connectivity index (χ2v) is 4.32. The maximum atomic E-state index is 3.98. The van der Waals surface area contributed by atoms with Crippen LogP contribution >= 0.6 is 27.5 Å². The lowest BCUT2D eigenvalue weighted by Gasteiger charge is -2.05. The topological polar surface area (TPSA) is 50.7 Å². The molecule has 4 nitrogen and oxygen atoms in total. The Balaban J connectivity index is 2.02. The van der Waals surface area contributed by atoms with Crippen molar-refractivity contribution in [3.63, 3.8) is 0 Å². The third-order valence-electron chi connectivity index (χ3n) is 1.63. The van der Waals surface area contributed by atoms with Gasteiger partial charge in [0.1, 0.15) is 0 Å². The summed E-state index contributed by atoms with van der Waals surface area (Å²) < 4.78 is 4.74. The SMILES string of the molecule is Brc1cnccc1NCc1cnns1. The maximum Gasteiger partial charge on any atom is 0.0671 e. The Morgan fingerprint density at radius 3 is 3.07 bits per heavy atom. The second-order valence-electron chi connectivity index (χ2n) is 2.59. The molecule has 0 radical (unpaired) electrons. The summed E-state index contributed by atoms with van der Waals surface area (Å²) in [5, 5.41) is 7.02. The molecule has 72 valence electrons. The Kier molecular flexibility index (Phi) is 3.05. The normalized spacial score (nSPS) is 10.1. The van der Waals surface area contributed by atoms with Crippen LogP contribution in [0.15, 0.2) is 29.1 Å². The molecule has 1 N–H and O–H groups in total. The number of anilines is 1. The molecular formula is C8H7BrN4S. The lowest BCUT2D eigenvalue weighted by molar-refractivity contribution is 1.12. The summed E-state index contributed by atoms with van der Waals surface area (Å²) in [4.78, 5) is 5.09. The zero-order valence-electron chi connectivity index (χ0n) is 7.14. The summed E-state index contributed by atoms with van der Waals surface area (Å²) in [5.41, 5.74) is 1.02. The lowest BCUT2D eigenvalue weighted by atomic mass is 10.4. The van der Waals surface area contributed by atoms with Gasteiger partial charge in [-0.1, -0.05) is 4.49 Å². The molecule has 0 aliphatic carbocycles. The first-order valence-electron chi connectivity index (χ1n) is 3.96. The Morgan fingerprint density at radius 1 is 1.43 bits per heavy atom. The van der Waals surface area contributed by atoms with Crippen LogP contribution in [-0.4, -0.2) is 14.6 Å². The molecule has 0 bridgehead atoms. The lowest BCUT2D eigenvalue weighted by Crippen LogP contribution is -1.98. The molecule has 2 heterocycles. The fourth-order valence-electron chi connectivity index (χ4n) is 0.966. The quantitative estimate of drug-likeness (QED) is 0.930. The number of aromatic nitrogens is 3. The Bertz CT molecular complexity index is 403. The van der Waals surface area contributed by atoms with Gasteiger partial charge in [-0.05, 0) is 33.5 Å². The average Bonchev–Trinajstić information content (AvgIpc) is 2.69. The van der Waals surface area contributed by atoms with Crippen molar-refractivity contribution < 1.29 is 0 Å². The standard InChI is InChI=1S/C8H7BrN4S/c9-7-5-10-2-1-8(7)11-3-6-4-12-13-14-6/h1-2,4-5H,3H2,(H,10,11). The molecule has 0 saturated heterocycles.